The third kappa shape index (κ3) is 5.94. The van der Waals surface area contributed by atoms with Gasteiger partial charge >= 0.3 is 0 Å². The molecular weight excluding hydrogens is 715 g/mol. The van der Waals surface area contributed by atoms with Crippen LogP contribution in [-0.4, -0.2) is 15.0 Å². The Morgan fingerprint density at radius 3 is 1.75 bits per heavy atom. The highest BCUT2D eigenvalue weighted by Crippen LogP contribution is 2.52. The molecule has 0 fully saturated rings. The van der Waals surface area contributed by atoms with Gasteiger partial charge in [0.05, 0.1) is 11.4 Å². The molecule has 0 aliphatic heterocycles. The monoisotopic (exact) mass is 753 g/mol. The van der Waals surface area contributed by atoms with Gasteiger partial charge < -0.3 is 0 Å². The molecule has 1 aliphatic rings. The highest BCUT2D eigenvalue weighted by Gasteiger charge is 2.37. The van der Waals surface area contributed by atoms with Crippen molar-refractivity contribution >= 4 is 21.5 Å². The van der Waals surface area contributed by atoms with Gasteiger partial charge in [-0.15, -0.1) is 0 Å². The Labute approximate surface area is 344 Å². The maximum absolute atomic E-state index is 5.29. The smallest absolute Gasteiger partial charge is 0.161 e. The summed E-state index contributed by atoms with van der Waals surface area (Å²) in [6, 6.07) is 67.5. The number of benzene rings is 8. The van der Waals surface area contributed by atoms with Crippen molar-refractivity contribution in [1.29, 1.82) is 0 Å². The van der Waals surface area contributed by atoms with Gasteiger partial charge in [0.25, 0.3) is 0 Å². The summed E-state index contributed by atoms with van der Waals surface area (Å²) in [6.07, 6.45) is 3.70. The molecule has 2 heterocycles. The second kappa shape index (κ2) is 13.9. The predicted molar refractivity (Wildman–Crippen MR) is 245 cm³/mol. The van der Waals surface area contributed by atoms with Gasteiger partial charge in [0.15, 0.2) is 5.82 Å². The van der Waals surface area contributed by atoms with Crippen molar-refractivity contribution in [2.75, 3.05) is 0 Å². The van der Waals surface area contributed by atoms with Gasteiger partial charge in [0, 0.05) is 40.1 Å². The average molecular weight is 754 g/mol. The Bertz CT molecular complexity index is 3240. The quantitative estimate of drug-likeness (QED) is 0.170. The molecule has 0 radical (unpaired) electrons. The van der Waals surface area contributed by atoms with E-state index in [9.17, 15) is 0 Å². The summed E-state index contributed by atoms with van der Waals surface area (Å²) in [5.41, 5.74) is 17.1. The van der Waals surface area contributed by atoms with Gasteiger partial charge in [-0.2, -0.15) is 0 Å². The lowest BCUT2D eigenvalue weighted by atomic mass is 9.79. The Hall–Kier alpha value is -7.49. The standard InChI is InChI=1S/C56H39N3/c1-56(2)51-33-40(25-26-48(51)49-27-24-36-13-6-7-21-45(36)54(49)56)38-16-10-18-41(31-38)44-28-29-50(47-23-9-8-22-46(44)47)55-58-52(37-14-4-3-5-15-37)34-53(59-55)42-19-11-17-39(32-42)43-20-12-30-57-35-43/h3-35H,1-2H3. The van der Waals surface area contributed by atoms with Crippen LogP contribution in [0.5, 0.6) is 0 Å². The fourth-order valence-corrected chi connectivity index (χ4v) is 9.26. The number of hydrogen-bond acceptors (Lipinski definition) is 3. The maximum atomic E-state index is 5.29. The highest BCUT2D eigenvalue weighted by molar-refractivity contribution is 6.05. The fraction of sp³-hybridized carbons (Fsp3) is 0.0536. The first-order chi connectivity index (χ1) is 29.0. The van der Waals surface area contributed by atoms with Crippen molar-refractivity contribution < 1.29 is 0 Å². The van der Waals surface area contributed by atoms with E-state index >= 15 is 0 Å². The minimum Gasteiger partial charge on any atom is -0.264 e. The first-order valence-electron chi connectivity index (χ1n) is 20.2. The average Bonchev–Trinajstić information content (AvgIpc) is 3.54. The fourth-order valence-electron chi connectivity index (χ4n) is 9.26. The Morgan fingerprint density at radius 1 is 0.373 bits per heavy atom. The summed E-state index contributed by atoms with van der Waals surface area (Å²) in [4.78, 5) is 14.9. The molecule has 1 aliphatic carbocycles. The van der Waals surface area contributed by atoms with Gasteiger partial charge in [-0.3, -0.25) is 4.98 Å². The molecule has 0 amide bonds. The number of pyridine rings is 1. The van der Waals surface area contributed by atoms with Gasteiger partial charge in [-0.1, -0.05) is 166 Å². The number of aromatic nitrogens is 3. The molecule has 0 spiro atoms. The van der Waals surface area contributed by atoms with Crippen LogP contribution < -0.4 is 0 Å². The summed E-state index contributed by atoms with van der Waals surface area (Å²) in [6.45, 7) is 4.75. The summed E-state index contributed by atoms with van der Waals surface area (Å²) in [7, 11) is 0. The van der Waals surface area contributed by atoms with Crippen LogP contribution >= 0.6 is 0 Å². The maximum Gasteiger partial charge on any atom is 0.161 e. The van der Waals surface area contributed by atoms with E-state index in [1.54, 1.807) is 6.20 Å². The lowest BCUT2D eigenvalue weighted by Gasteiger charge is -2.23. The largest absolute Gasteiger partial charge is 0.264 e. The molecule has 0 saturated carbocycles. The van der Waals surface area contributed by atoms with Gasteiger partial charge in [-0.05, 0) is 108 Å². The van der Waals surface area contributed by atoms with Gasteiger partial charge in [0.1, 0.15) is 0 Å². The van der Waals surface area contributed by atoms with Crippen molar-refractivity contribution in [1.82, 2.24) is 15.0 Å². The van der Waals surface area contributed by atoms with Crippen molar-refractivity contribution in [3.05, 3.63) is 212 Å². The van der Waals surface area contributed by atoms with Crippen LogP contribution in [0.25, 0.3) is 100.0 Å². The second-order valence-corrected chi connectivity index (χ2v) is 16.0. The lowest BCUT2D eigenvalue weighted by molar-refractivity contribution is 0.666. The first-order valence-corrected chi connectivity index (χ1v) is 20.2. The molecule has 0 saturated heterocycles. The van der Waals surface area contributed by atoms with Crippen molar-refractivity contribution in [3.63, 3.8) is 0 Å². The third-order valence-electron chi connectivity index (χ3n) is 12.2. The number of rotatable bonds is 6. The van der Waals surface area contributed by atoms with Gasteiger partial charge in [-0.25, -0.2) is 9.97 Å². The minimum absolute atomic E-state index is 0.118. The molecule has 2 aromatic heterocycles. The minimum atomic E-state index is -0.118. The third-order valence-corrected chi connectivity index (χ3v) is 12.2. The second-order valence-electron chi connectivity index (χ2n) is 16.0. The molecule has 8 aromatic carbocycles. The van der Waals surface area contributed by atoms with Crippen molar-refractivity contribution in [3.8, 4) is 78.4 Å². The molecule has 278 valence electrons. The zero-order valence-corrected chi connectivity index (χ0v) is 32.9. The SMILES string of the molecule is CC1(C)c2cc(-c3cccc(-c4ccc(-c5nc(-c6ccccc6)cc(-c6cccc(-c7cccnc7)c6)n5)c5ccccc45)c3)ccc2-c2ccc3ccccc3c21. The Morgan fingerprint density at radius 2 is 0.949 bits per heavy atom. The number of hydrogen-bond donors (Lipinski definition) is 0. The van der Waals surface area contributed by atoms with Crippen LogP contribution in [0.1, 0.15) is 25.0 Å². The van der Waals surface area contributed by atoms with Crippen molar-refractivity contribution in [2.45, 2.75) is 19.3 Å². The molecule has 0 unspecified atom stereocenters. The summed E-state index contributed by atoms with van der Waals surface area (Å²) < 4.78 is 0. The molecule has 3 nitrogen and oxygen atoms in total. The summed E-state index contributed by atoms with van der Waals surface area (Å²) in [5, 5.41) is 4.91. The number of fused-ring (bicyclic) bond motifs is 6. The van der Waals surface area contributed by atoms with Crippen LogP contribution in [0.3, 0.4) is 0 Å². The normalized spacial score (nSPS) is 12.7. The van der Waals surface area contributed by atoms with Gasteiger partial charge in [0.2, 0.25) is 0 Å². The topological polar surface area (TPSA) is 38.7 Å². The van der Waals surface area contributed by atoms with Crippen LogP contribution in [-0.2, 0) is 5.41 Å². The van der Waals surface area contributed by atoms with E-state index < -0.39 is 0 Å². The van der Waals surface area contributed by atoms with Crippen LogP contribution in [0.15, 0.2) is 200 Å². The van der Waals surface area contributed by atoms with E-state index in [2.05, 4.69) is 195 Å². The summed E-state index contributed by atoms with van der Waals surface area (Å²) >= 11 is 0. The van der Waals surface area contributed by atoms with Crippen molar-refractivity contribution in [2.24, 2.45) is 0 Å². The van der Waals surface area contributed by atoms with E-state index in [0.29, 0.717) is 5.82 Å². The first kappa shape index (κ1) is 34.7. The van der Waals surface area contributed by atoms with E-state index in [0.717, 1.165) is 50.0 Å². The Balaban J connectivity index is 1.00. The predicted octanol–water partition coefficient (Wildman–Crippen LogP) is 14.5. The van der Waals surface area contributed by atoms with E-state index in [4.69, 9.17) is 9.97 Å². The molecule has 10 aromatic rings. The van der Waals surface area contributed by atoms with Crippen LogP contribution in [0, 0.1) is 0 Å². The van der Waals surface area contributed by atoms with Crippen LogP contribution in [0.4, 0.5) is 0 Å². The zero-order chi connectivity index (χ0) is 39.5. The summed E-state index contributed by atoms with van der Waals surface area (Å²) in [5.74, 6) is 0.694. The molecule has 3 heteroatoms. The molecule has 0 N–H and O–H groups in total. The lowest BCUT2D eigenvalue weighted by Crippen LogP contribution is -2.15. The van der Waals surface area contributed by atoms with Crippen LogP contribution in [0.2, 0.25) is 0 Å². The van der Waals surface area contributed by atoms with E-state index in [1.807, 2.05) is 18.3 Å². The van der Waals surface area contributed by atoms with E-state index in [-0.39, 0.29) is 5.41 Å². The Kier molecular flexibility index (Phi) is 8.16. The molecule has 0 atom stereocenters. The molecule has 11 rings (SSSR count). The highest BCUT2D eigenvalue weighted by atomic mass is 14.9. The zero-order valence-electron chi connectivity index (χ0n) is 32.9. The van der Waals surface area contributed by atoms with E-state index in [1.165, 1.54) is 55.3 Å². The molecule has 0 bridgehead atoms. The number of nitrogens with zero attached hydrogens (tertiary/aromatic N) is 3. The molecule has 59 heavy (non-hydrogen) atoms. The molecular formula is C56H39N3.